The zero-order chi connectivity index (χ0) is 16.2. The Kier molecular flexibility index (Phi) is 4.37. The highest BCUT2D eigenvalue weighted by atomic mass is 15.1. The first-order valence-electron chi connectivity index (χ1n) is 7.84. The van der Waals surface area contributed by atoms with Gasteiger partial charge in [0.25, 0.3) is 0 Å². The Hall–Kier alpha value is -2.69. The number of rotatable bonds is 5. The lowest BCUT2D eigenvalue weighted by Crippen LogP contribution is -2.07. The van der Waals surface area contributed by atoms with Gasteiger partial charge in [0.2, 0.25) is 0 Å². The Labute approximate surface area is 135 Å². The Bertz CT molecular complexity index is 815. The van der Waals surface area contributed by atoms with Crippen molar-refractivity contribution in [3.8, 4) is 0 Å². The van der Waals surface area contributed by atoms with Crippen molar-refractivity contribution in [1.82, 2.24) is 15.0 Å². The second-order valence-electron chi connectivity index (χ2n) is 6.05. The molecular formula is C18H21N5. The lowest BCUT2D eigenvalue weighted by atomic mass is 10.0. The normalized spacial score (nSPS) is 12.2. The third kappa shape index (κ3) is 3.23. The molecule has 3 aromatic rings. The number of H-pyrrole nitrogens is 1. The molecule has 3 rings (SSSR count). The molecule has 118 valence electrons. The zero-order valence-electron chi connectivity index (χ0n) is 13.5. The summed E-state index contributed by atoms with van der Waals surface area (Å²) in [6.07, 6.45) is 7.61. The molecule has 0 fully saturated rings. The van der Waals surface area contributed by atoms with Crippen molar-refractivity contribution in [3.05, 3.63) is 59.7 Å². The summed E-state index contributed by atoms with van der Waals surface area (Å²) in [4.78, 5) is 12.0. The van der Waals surface area contributed by atoms with E-state index in [1.54, 1.807) is 6.20 Å². The van der Waals surface area contributed by atoms with Gasteiger partial charge in [-0.3, -0.25) is 4.98 Å². The summed E-state index contributed by atoms with van der Waals surface area (Å²) < 4.78 is 0. The van der Waals surface area contributed by atoms with Crippen molar-refractivity contribution in [2.75, 3.05) is 0 Å². The van der Waals surface area contributed by atoms with E-state index >= 15 is 0 Å². The molecule has 0 aromatic carbocycles. The maximum atomic E-state index is 5.65. The Morgan fingerprint density at radius 3 is 2.83 bits per heavy atom. The number of hydrogen-bond acceptors (Lipinski definition) is 4. The molecule has 0 spiro atoms. The van der Waals surface area contributed by atoms with Crippen LogP contribution in [0, 0.1) is 5.92 Å². The summed E-state index contributed by atoms with van der Waals surface area (Å²) in [6.45, 7) is 4.44. The quantitative estimate of drug-likeness (QED) is 0.431. The molecule has 0 aliphatic heterocycles. The third-order valence-corrected chi connectivity index (χ3v) is 3.91. The van der Waals surface area contributed by atoms with Crippen molar-refractivity contribution in [2.24, 2.45) is 16.9 Å². The number of aryl methyl sites for hydroxylation is 1. The number of aromatic amines is 1. The van der Waals surface area contributed by atoms with Crippen molar-refractivity contribution >= 4 is 16.7 Å². The molecular weight excluding hydrogens is 286 g/mol. The predicted octanol–water partition coefficient (Wildman–Crippen LogP) is 3.26. The molecule has 5 heteroatoms. The number of hydrogen-bond donors (Lipinski definition) is 2. The third-order valence-electron chi connectivity index (χ3n) is 3.91. The highest BCUT2D eigenvalue weighted by Crippen LogP contribution is 2.20. The first-order valence-corrected chi connectivity index (χ1v) is 7.84. The topological polar surface area (TPSA) is 80.0 Å². The van der Waals surface area contributed by atoms with E-state index < -0.39 is 0 Å². The van der Waals surface area contributed by atoms with Crippen LogP contribution in [0.1, 0.15) is 37.1 Å². The van der Waals surface area contributed by atoms with E-state index in [0.29, 0.717) is 11.6 Å². The van der Waals surface area contributed by atoms with E-state index in [4.69, 9.17) is 5.84 Å². The van der Waals surface area contributed by atoms with Crippen LogP contribution in [0.2, 0.25) is 0 Å². The van der Waals surface area contributed by atoms with Gasteiger partial charge in [0.15, 0.2) is 0 Å². The van der Waals surface area contributed by atoms with Gasteiger partial charge >= 0.3 is 0 Å². The Morgan fingerprint density at radius 1 is 1.26 bits per heavy atom. The maximum absolute atomic E-state index is 5.65. The number of fused-ring (bicyclic) bond motifs is 1. The van der Waals surface area contributed by atoms with Gasteiger partial charge in [0.1, 0.15) is 11.4 Å². The number of pyridine rings is 2. The van der Waals surface area contributed by atoms with Crippen LogP contribution < -0.4 is 5.84 Å². The summed E-state index contributed by atoms with van der Waals surface area (Å²) in [6, 6.07) is 7.99. The van der Waals surface area contributed by atoms with Gasteiger partial charge in [-0.25, -0.2) is 4.98 Å². The van der Waals surface area contributed by atoms with Crippen molar-refractivity contribution < 1.29 is 0 Å². The minimum Gasteiger partial charge on any atom is -0.345 e. The van der Waals surface area contributed by atoms with Gasteiger partial charge in [-0.1, -0.05) is 13.8 Å². The second-order valence-corrected chi connectivity index (χ2v) is 6.05. The molecule has 5 nitrogen and oxygen atoms in total. The molecule has 0 unspecified atom stereocenters. The summed E-state index contributed by atoms with van der Waals surface area (Å²) in [5.74, 6) is 6.33. The van der Waals surface area contributed by atoms with Gasteiger partial charge in [-0.2, -0.15) is 5.10 Å². The number of nitrogens with zero attached hydrogens (tertiary/aromatic N) is 3. The van der Waals surface area contributed by atoms with E-state index in [2.05, 4.69) is 40.0 Å². The molecule has 23 heavy (non-hydrogen) atoms. The Balaban J connectivity index is 1.90. The molecule has 0 radical (unpaired) electrons. The standard InChI is InChI=1S/C18H21N5/c1-12(2)5-7-14-8-6-13(10-21-14)17(23-19)16-11-22-18-15(16)4-3-9-20-18/h3-4,6,8-12H,5,7,19H2,1-2H3,(H,20,22)/b23-17-. The molecule has 3 N–H and O–H groups in total. The predicted molar refractivity (Wildman–Crippen MR) is 93.3 cm³/mol. The monoisotopic (exact) mass is 307 g/mol. The molecule has 0 bridgehead atoms. The second kappa shape index (κ2) is 6.60. The fourth-order valence-corrected chi connectivity index (χ4v) is 2.60. The largest absolute Gasteiger partial charge is 0.345 e. The minimum atomic E-state index is 0.677. The molecule has 3 aromatic heterocycles. The van der Waals surface area contributed by atoms with Gasteiger partial charge in [-0.15, -0.1) is 0 Å². The van der Waals surface area contributed by atoms with Crippen LogP contribution in [0.15, 0.2) is 48.0 Å². The smallest absolute Gasteiger partial charge is 0.137 e. The highest BCUT2D eigenvalue weighted by molar-refractivity contribution is 6.18. The first kappa shape index (κ1) is 15.2. The van der Waals surface area contributed by atoms with Gasteiger partial charge in [0.05, 0.1) is 0 Å². The SMILES string of the molecule is CC(C)CCc1ccc(/C(=N/N)c2c[nH]c3ncccc23)cn1. The van der Waals surface area contributed by atoms with E-state index in [0.717, 1.165) is 40.7 Å². The molecule has 0 aliphatic carbocycles. The molecule has 3 heterocycles. The average Bonchev–Trinajstić information content (AvgIpc) is 2.99. The molecule has 0 amide bonds. The van der Waals surface area contributed by atoms with Gasteiger partial charge < -0.3 is 10.8 Å². The average molecular weight is 307 g/mol. The fraction of sp³-hybridized carbons (Fsp3) is 0.278. The van der Waals surface area contributed by atoms with E-state index in [1.165, 1.54) is 0 Å². The van der Waals surface area contributed by atoms with Gasteiger partial charge in [-0.05, 0) is 43.0 Å². The van der Waals surface area contributed by atoms with Crippen LogP contribution >= 0.6 is 0 Å². The van der Waals surface area contributed by atoms with Crippen molar-refractivity contribution in [2.45, 2.75) is 26.7 Å². The minimum absolute atomic E-state index is 0.677. The van der Waals surface area contributed by atoms with Crippen LogP contribution in [0.5, 0.6) is 0 Å². The van der Waals surface area contributed by atoms with E-state index in [-0.39, 0.29) is 0 Å². The summed E-state index contributed by atoms with van der Waals surface area (Å²) in [5.41, 5.74) is 4.48. The van der Waals surface area contributed by atoms with Gasteiger partial charge in [0, 0.05) is 40.8 Å². The van der Waals surface area contributed by atoms with Crippen LogP contribution in [-0.4, -0.2) is 20.7 Å². The van der Waals surface area contributed by atoms with Crippen molar-refractivity contribution in [1.29, 1.82) is 0 Å². The zero-order valence-corrected chi connectivity index (χ0v) is 13.5. The maximum Gasteiger partial charge on any atom is 0.137 e. The van der Waals surface area contributed by atoms with Crippen LogP contribution in [0.3, 0.4) is 0 Å². The summed E-state index contributed by atoms with van der Waals surface area (Å²) in [5, 5.41) is 4.98. The lowest BCUT2D eigenvalue weighted by molar-refractivity contribution is 0.581. The molecule has 0 atom stereocenters. The number of aromatic nitrogens is 3. The Morgan fingerprint density at radius 2 is 2.13 bits per heavy atom. The van der Waals surface area contributed by atoms with Crippen LogP contribution in [-0.2, 0) is 6.42 Å². The fourth-order valence-electron chi connectivity index (χ4n) is 2.60. The van der Waals surface area contributed by atoms with E-state index in [9.17, 15) is 0 Å². The molecule has 0 saturated heterocycles. The first-order chi connectivity index (χ1) is 11.2. The summed E-state index contributed by atoms with van der Waals surface area (Å²) >= 11 is 0. The van der Waals surface area contributed by atoms with Crippen molar-refractivity contribution in [3.63, 3.8) is 0 Å². The molecule has 0 saturated carbocycles. The summed E-state index contributed by atoms with van der Waals surface area (Å²) in [7, 11) is 0. The number of hydrazone groups is 1. The number of nitrogens with two attached hydrogens (primary N) is 1. The number of nitrogens with one attached hydrogen (secondary N) is 1. The van der Waals surface area contributed by atoms with E-state index in [1.807, 2.05) is 30.6 Å². The lowest BCUT2D eigenvalue weighted by Gasteiger charge is -2.07. The molecule has 0 aliphatic rings. The van der Waals surface area contributed by atoms with Crippen LogP contribution in [0.4, 0.5) is 0 Å². The van der Waals surface area contributed by atoms with Crippen LogP contribution in [0.25, 0.3) is 11.0 Å². The highest BCUT2D eigenvalue weighted by Gasteiger charge is 2.13.